The van der Waals surface area contributed by atoms with Crippen molar-refractivity contribution < 1.29 is 22.7 Å². The molecule has 39 heavy (non-hydrogen) atoms. The standard InChI is InChI=1S/C31H30N2O5S/c1-23-10-9-15-27(18-23)32-31(35)38-22-30(34)29-17-16-28(19-24(29)2)39(36,37)33(20-25-11-5-3-6-12-25)21-26-13-7-4-8-14-26/h3-19H,20-22H2,1-2H3,(H,32,35). The predicted octanol–water partition coefficient (Wildman–Crippen LogP) is 6.13. The molecular formula is C31H30N2O5S. The molecule has 0 saturated heterocycles. The minimum Gasteiger partial charge on any atom is -0.441 e. The summed E-state index contributed by atoms with van der Waals surface area (Å²) >= 11 is 0. The summed E-state index contributed by atoms with van der Waals surface area (Å²) in [4.78, 5) is 25.0. The van der Waals surface area contributed by atoms with Crippen LogP contribution in [0.1, 0.15) is 32.6 Å². The number of nitrogens with zero attached hydrogens (tertiary/aromatic N) is 1. The number of hydrogen-bond donors (Lipinski definition) is 1. The summed E-state index contributed by atoms with van der Waals surface area (Å²) in [5.41, 5.74) is 4.02. The maximum atomic E-state index is 13.8. The van der Waals surface area contributed by atoms with E-state index in [4.69, 9.17) is 4.74 Å². The average molecular weight is 543 g/mol. The largest absolute Gasteiger partial charge is 0.441 e. The number of sulfonamides is 1. The van der Waals surface area contributed by atoms with E-state index >= 15 is 0 Å². The first-order chi connectivity index (χ1) is 18.7. The Morgan fingerprint density at radius 3 is 1.95 bits per heavy atom. The SMILES string of the molecule is Cc1cccc(NC(=O)OCC(=O)c2ccc(S(=O)(=O)N(Cc3ccccc3)Cc3ccccc3)cc2C)c1. The third kappa shape index (κ3) is 7.40. The molecule has 1 N–H and O–H groups in total. The van der Waals surface area contributed by atoms with E-state index in [2.05, 4.69) is 5.32 Å². The lowest BCUT2D eigenvalue weighted by Crippen LogP contribution is -2.30. The number of rotatable bonds is 10. The molecule has 7 nitrogen and oxygen atoms in total. The zero-order valence-corrected chi connectivity index (χ0v) is 22.6. The molecule has 4 rings (SSSR count). The van der Waals surface area contributed by atoms with E-state index in [1.54, 1.807) is 25.1 Å². The van der Waals surface area contributed by atoms with Gasteiger partial charge in [0.15, 0.2) is 6.61 Å². The summed E-state index contributed by atoms with van der Waals surface area (Å²) in [5, 5.41) is 2.59. The summed E-state index contributed by atoms with van der Waals surface area (Å²) in [6.07, 6.45) is -0.747. The Kier molecular flexibility index (Phi) is 8.91. The maximum Gasteiger partial charge on any atom is 0.412 e. The summed E-state index contributed by atoms with van der Waals surface area (Å²) in [6, 6.07) is 30.4. The Labute approximate surface area is 229 Å². The zero-order valence-electron chi connectivity index (χ0n) is 21.8. The molecule has 0 unspecified atom stereocenters. The molecular weight excluding hydrogens is 512 g/mol. The second-order valence-electron chi connectivity index (χ2n) is 9.21. The number of carbonyl (C=O) groups is 2. The number of Topliss-reactive ketones (excluding diaryl/α,β-unsaturated/α-hetero) is 1. The molecule has 1 amide bonds. The van der Waals surface area contributed by atoms with Crippen LogP contribution in [0.4, 0.5) is 10.5 Å². The van der Waals surface area contributed by atoms with Crippen LogP contribution in [0.15, 0.2) is 108 Å². The van der Waals surface area contributed by atoms with Crippen molar-refractivity contribution in [1.82, 2.24) is 4.31 Å². The van der Waals surface area contributed by atoms with Crippen molar-refractivity contribution >= 4 is 27.6 Å². The van der Waals surface area contributed by atoms with Gasteiger partial charge in [-0.3, -0.25) is 10.1 Å². The van der Waals surface area contributed by atoms with Gasteiger partial charge < -0.3 is 4.74 Å². The fraction of sp³-hybridized carbons (Fsp3) is 0.161. The van der Waals surface area contributed by atoms with Gasteiger partial charge in [-0.2, -0.15) is 4.31 Å². The van der Waals surface area contributed by atoms with Gasteiger partial charge in [-0.25, -0.2) is 13.2 Å². The van der Waals surface area contributed by atoms with Gasteiger partial charge in [0.25, 0.3) is 0 Å². The number of hydrogen-bond acceptors (Lipinski definition) is 5. The number of amides is 1. The van der Waals surface area contributed by atoms with Crippen molar-refractivity contribution in [2.24, 2.45) is 0 Å². The van der Waals surface area contributed by atoms with Gasteiger partial charge in [-0.15, -0.1) is 0 Å². The normalized spacial score (nSPS) is 11.3. The molecule has 0 atom stereocenters. The molecule has 0 fully saturated rings. The minimum atomic E-state index is -3.90. The zero-order chi connectivity index (χ0) is 27.8. The molecule has 0 aliphatic heterocycles. The lowest BCUT2D eigenvalue weighted by Gasteiger charge is -2.23. The van der Waals surface area contributed by atoms with Gasteiger partial charge >= 0.3 is 6.09 Å². The van der Waals surface area contributed by atoms with Crippen LogP contribution in [0.3, 0.4) is 0 Å². The van der Waals surface area contributed by atoms with Gasteiger partial charge in [0, 0.05) is 24.3 Å². The van der Waals surface area contributed by atoms with E-state index in [0.29, 0.717) is 11.3 Å². The highest BCUT2D eigenvalue weighted by molar-refractivity contribution is 7.89. The highest BCUT2D eigenvalue weighted by Crippen LogP contribution is 2.24. The summed E-state index contributed by atoms with van der Waals surface area (Å²) in [7, 11) is -3.90. The maximum absolute atomic E-state index is 13.8. The molecule has 8 heteroatoms. The second-order valence-corrected chi connectivity index (χ2v) is 11.2. The first kappa shape index (κ1) is 27.8. The Bertz CT molecular complexity index is 1510. The minimum absolute atomic E-state index is 0.0847. The molecule has 0 saturated carbocycles. The Balaban J connectivity index is 1.49. The average Bonchev–Trinajstić information content (AvgIpc) is 2.92. The third-order valence-corrected chi connectivity index (χ3v) is 7.93. The molecule has 0 aliphatic rings. The van der Waals surface area contributed by atoms with Crippen LogP contribution in [-0.4, -0.2) is 31.2 Å². The van der Waals surface area contributed by atoms with Crippen LogP contribution in [-0.2, 0) is 27.8 Å². The van der Waals surface area contributed by atoms with Gasteiger partial charge in [0.05, 0.1) is 4.90 Å². The van der Waals surface area contributed by atoms with Crippen LogP contribution < -0.4 is 5.32 Å². The van der Waals surface area contributed by atoms with E-state index in [1.807, 2.05) is 73.7 Å². The highest BCUT2D eigenvalue weighted by Gasteiger charge is 2.26. The van der Waals surface area contributed by atoms with Gasteiger partial charge in [0.1, 0.15) is 0 Å². The number of ether oxygens (including phenoxy) is 1. The molecule has 4 aromatic carbocycles. The topological polar surface area (TPSA) is 92.8 Å². The van der Waals surface area contributed by atoms with E-state index in [0.717, 1.165) is 16.7 Å². The van der Waals surface area contributed by atoms with E-state index in [-0.39, 0.29) is 23.5 Å². The van der Waals surface area contributed by atoms with Crippen molar-refractivity contribution in [2.45, 2.75) is 31.8 Å². The molecule has 0 radical (unpaired) electrons. The number of anilines is 1. The first-order valence-corrected chi connectivity index (χ1v) is 13.9. The quantitative estimate of drug-likeness (QED) is 0.244. The van der Waals surface area contributed by atoms with Crippen LogP contribution in [0, 0.1) is 13.8 Å². The van der Waals surface area contributed by atoms with E-state index < -0.39 is 28.5 Å². The van der Waals surface area contributed by atoms with Crippen LogP contribution in [0.5, 0.6) is 0 Å². The second kappa shape index (κ2) is 12.5. The smallest absolute Gasteiger partial charge is 0.412 e. The highest BCUT2D eigenvalue weighted by atomic mass is 32.2. The van der Waals surface area contributed by atoms with Crippen LogP contribution in [0.25, 0.3) is 0 Å². The number of nitrogens with one attached hydrogen (secondary N) is 1. The van der Waals surface area contributed by atoms with Crippen molar-refractivity contribution in [3.05, 3.63) is 131 Å². The summed E-state index contributed by atoms with van der Waals surface area (Å²) in [6.45, 7) is 3.48. The molecule has 0 aliphatic carbocycles. The van der Waals surface area contributed by atoms with E-state index in [1.165, 1.54) is 22.5 Å². The molecule has 0 aromatic heterocycles. The molecule has 0 heterocycles. The summed E-state index contributed by atoms with van der Waals surface area (Å²) < 4.78 is 34.0. The number of carbonyl (C=O) groups excluding carboxylic acids is 2. The third-order valence-electron chi connectivity index (χ3n) is 6.14. The monoisotopic (exact) mass is 542 g/mol. The van der Waals surface area contributed by atoms with Crippen LogP contribution in [0.2, 0.25) is 0 Å². The summed E-state index contributed by atoms with van der Waals surface area (Å²) in [5.74, 6) is -0.429. The Morgan fingerprint density at radius 2 is 1.38 bits per heavy atom. The molecule has 0 bridgehead atoms. The fourth-order valence-corrected chi connectivity index (χ4v) is 5.65. The van der Waals surface area contributed by atoms with Crippen molar-refractivity contribution in [3.8, 4) is 0 Å². The van der Waals surface area contributed by atoms with Crippen molar-refractivity contribution in [2.75, 3.05) is 11.9 Å². The van der Waals surface area contributed by atoms with Crippen molar-refractivity contribution in [1.29, 1.82) is 0 Å². The molecule has 4 aromatic rings. The van der Waals surface area contributed by atoms with Crippen LogP contribution >= 0.6 is 0 Å². The predicted molar refractivity (Wildman–Crippen MR) is 151 cm³/mol. The molecule has 0 spiro atoms. The van der Waals surface area contributed by atoms with Gasteiger partial charge in [0.2, 0.25) is 15.8 Å². The molecule has 200 valence electrons. The fourth-order valence-electron chi connectivity index (χ4n) is 4.14. The van der Waals surface area contributed by atoms with Crippen molar-refractivity contribution in [3.63, 3.8) is 0 Å². The lowest BCUT2D eigenvalue weighted by atomic mass is 10.1. The first-order valence-electron chi connectivity index (χ1n) is 12.4. The number of benzene rings is 4. The Hall–Kier alpha value is -4.27. The number of ketones is 1. The number of aryl methyl sites for hydroxylation is 2. The van der Waals surface area contributed by atoms with Gasteiger partial charge in [-0.1, -0.05) is 72.8 Å². The van der Waals surface area contributed by atoms with E-state index in [9.17, 15) is 18.0 Å². The van der Waals surface area contributed by atoms with Gasteiger partial charge in [-0.05, 0) is 66.4 Å². The Morgan fingerprint density at radius 1 is 0.769 bits per heavy atom. The lowest BCUT2D eigenvalue weighted by molar-refractivity contribution is 0.0863.